The van der Waals surface area contributed by atoms with Crippen molar-refractivity contribution in [1.82, 2.24) is 5.32 Å². The standard InChI is InChI=1S/C19H25Cl2NO4/c1-6-16(26-15-10-13(20)9-14(21)11-15)18(24)22-19(4,5)8-7-17(23)25-12(2)3/h7-12,16H,6H2,1-5H3,(H,22,24)/b8-7+/t16-/m0/s1. The van der Waals surface area contributed by atoms with E-state index in [0.29, 0.717) is 22.2 Å². The van der Waals surface area contributed by atoms with Gasteiger partial charge in [0.15, 0.2) is 6.10 Å². The lowest BCUT2D eigenvalue weighted by atomic mass is 10.0. The van der Waals surface area contributed by atoms with E-state index in [0.717, 1.165) is 0 Å². The molecule has 0 heterocycles. The van der Waals surface area contributed by atoms with Gasteiger partial charge < -0.3 is 14.8 Å². The van der Waals surface area contributed by atoms with Crippen molar-refractivity contribution in [3.05, 3.63) is 40.4 Å². The monoisotopic (exact) mass is 401 g/mol. The number of rotatable bonds is 8. The fraction of sp³-hybridized carbons (Fsp3) is 0.474. The molecule has 0 aliphatic heterocycles. The Morgan fingerprint density at radius 2 is 1.77 bits per heavy atom. The maximum atomic E-state index is 12.5. The molecule has 0 saturated carbocycles. The molecule has 7 heteroatoms. The van der Waals surface area contributed by atoms with Crippen molar-refractivity contribution >= 4 is 35.1 Å². The van der Waals surface area contributed by atoms with E-state index in [4.69, 9.17) is 32.7 Å². The highest BCUT2D eigenvalue weighted by Crippen LogP contribution is 2.25. The van der Waals surface area contributed by atoms with Crippen LogP contribution in [0.1, 0.15) is 41.0 Å². The normalized spacial score (nSPS) is 12.9. The zero-order valence-corrected chi connectivity index (χ0v) is 17.1. The molecule has 0 aliphatic rings. The second-order valence-electron chi connectivity index (χ2n) is 6.65. The van der Waals surface area contributed by atoms with Gasteiger partial charge in [0, 0.05) is 16.1 Å². The Kier molecular flexibility index (Phi) is 8.44. The molecule has 0 aromatic heterocycles. The highest BCUT2D eigenvalue weighted by molar-refractivity contribution is 6.34. The topological polar surface area (TPSA) is 64.6 Å². The Hall–Kier alpha value is -1.72. The molecule has 0 spiro atoms. The van der Waals surface area contributed by atoms with Gasteiger partial charge in [-0.05, 0) is 52.3 Å². The summed E-state index contributed by atoms with van der Waals surface area (Å²) in [6.45, 7) is 8.91. The van der Waals surface area contributed by atoms with Gasteiger partial charge in [0.2, 0.25) is 0 Å². The van der Waals surface area contributed by atoms with E-state index in [2.05, 4.69) is 5.32 Å². The van der Waals surface area contributed by atoms with Gasteiger partial charge in [-0.15, -0.1) is 0 Å². The summed E-state index contributed by atoms with van der Waals surface area (Å²) in [4.78, 5) is 24.1. The molecule has 0 saturated heterocycles. The van der Waals surface area contributed by atoms with E-state index < -0.39 is 17.6 Å². The minimum absolute atomic E-state index is 0.202. The van der Waals surface area contributed by atoms with Crippen LogP contribution in [0, 0.1) is 0 Å². The summed E-state index contributed by atoms with van der Waals surface area (Å²) in [5.41, 5.74) is -0.754. The average Bonchev–Trinajstić information content (AvgIpc) is 2.48. The third-order valence-electron chi connectivity index (χ3n) is 3.21. The van der Waals surface area contributed by atoms with Crippen molar-refractivity contribution in [3.63, 3.8) is 0 Å². The van der Waals surface area contributed by atoms with Gasteiger partial charge in [-0.3, -0.25) is 4.79 Å². The Labute approximate surface area is 164 Å². The molecule has 144 valence electrons. The lowest BCUT2D eigenvalue weighted by Gasteiger charge is -2.26. The number of ether oxygens (including phenoxy) is 2. The number of hydrogen-bond acceptors (Lipinski definition) is 4. The summed E-state index contributed by atoms with van der Waals surface area (Å²) >= 11 is 11.9. The SMILES string of the molecule is CC[C@H](Oc1cc(Cl)cc(Cl)c1)C(=O)NC(C)(C)/C=C/C(=O)OC(C)C. The first-order valence-corrected chi connectivity index (χ1v) is 9.12. The number of halogens is 2. The molecule has 0 bridgehead atoms. The van der Waals surface area contributed by atoms with Crippen LogP contribution in [0.3, 0.4) is 0 Å². The van der Waals surface area contributed by atoms with Crippen LogP contribution in [0.2, 0.25) is 10.0 Å². The number of carbonyl (C=O) groups is 2. The number of hydrogen-bond donors (Lipinski definition) is 1. The molecule has 1 N–H and O–H groups in total. The van der Waals surface area contributed by atoms with Crippen molar-refractivity contribution < 1.29 is 19.1 Å². The first-order chi connectivity index (χ1) is 12.0. The van der Waals surface area contributed by atoms with Gasteiger partial charge >= 0.3 is 5.97 Å². The van der Waals surface area contributed by atoms with Gasteiger partial charge in [-0.1, -0.05) is 36.2 Å². The van der Waals surface area contributed by atoms with Crippen molar-refractivity contribution in [3.8, 4) is 5.75 Å². The van der Waals surface area contributed by atoms with Gasteiger partial charge in [-0.25, -0.2) is 4.79 Å². The largest absolute Gasteiger partial charge is 0.481 e. The first-order valence-electron chi connectivity index (χ1n) is 8.37. The fourth-order valence-electron chi connectivity index (χ4n) is 2.07. The van der Waals surface area contributed by atoms with Crippen LogP contribution >= 0.6 is 23.2 Å². The Bertz CT molecular complexity index is 651. The predicted octanol–water partition coefficient (Wildman–Crippen LogP) is 4.55. The molecule has 0 aliphatic carbocycles. The second-order valence-corrected chi connectivity index (χ2v) is 7.52. The van der Waals surface area contributed by atoms with Crippen LogP contribution < -0.4 is 10.1 Å². The molecule has 1 aromatic rings. The average molecular weight is 402 g/mol. The Morgan fingerprint density at radius 3 is 2.27 bits per heavy atom. The van der Waals surface area contributed by atoms with Crippen molar-refractivity contribution in [2.45, 2.75) is 58.8 Å². The number of esters is 1. The molecular weight excluding hydrogens is 377 g/mol. The maximum absolute atomic E-state index is 12.5. The Morgan fingerprint density at radius 1 is 1.19 bits per heavy atom. The summed E-state index contributed by atoms with van der Waals surface area (Å²) in [6.07, 6.45) is 2.41. The summed E-state index contributed by atoms with van der Waals surface area (Å²) < 4.78 is 10.7. The fourth-order valence-corrected chi connectivity index (χ4v) is 2.58. The lowest BCUT2D eigenvalue weighted by Crippen LogP contribution is -2.48. The third-order valence-corrected chi connectivity index (χ3v) is 3.65. The summed E-state index contributed by atoms with van der Waals surface area (Å²) in [7, 11) is 0. The molecule has 1 rings (SSSR count). The van der Waals surface area contributed by atoms with Gasteiger partial charge in [0.05, 0.1) is 11.6 Å². The molecule has 1 amide bonds. The number of amides is 1. The van der Waals surface area contributed by atoms with E-state index in [1.807, 2.05) is 6.92 Å². The summed E-state index contributed by atoms with van der Waals surface area (Å²) in [6, 6.07) is 4.77. The highest BCUT2D eigenvalue weighted by atomic mass is 35.5. The highest BCUT2D eigenvalue weighted by Gasteiger charge is 2.25. The van der Waals surface area contributed by atoms with Crippen LogP contribution in [0.4, 0.5) is 0 Å². The molecule has 5 nitrogen and oxygen atoms in total. The zero-order chi connectivity index (χ0) is 19.9. The first kappa shape index (κ1) is 22.3. The Balaban J connectivity index is 2.75. The van der Waals surface area contributed by atoms with Crippen molar-refractivity contribution in [2.75, 3.05) is 0 Å². The van der Waals surface area contributed by atoms with Crippen LogP contribution in [0.15, 0.2) is 30.4 Å². The molecular formula is C19H25Cl2NO4. The number of benzene rings is 1. The lowest BCUT2D eigenvalue weighted by molar-refractivity contribution is -0.141. The van der Waals surface area contributed by atoms with E-state index >= 15 is 0 Å². The minimum Gasteiger partial charge on any atom is -0.481 e. The van der Waals surface area contributed by atoms with Crippen LogP contribution in [-0.2, 0) is 14.3 Å². The van der Waals surface area contributed by atoms with E-state index in [9.17, 15) is 9.59 Å². The quantitative estimate of drug-likeness (QED) is 0.512. The van der Waals surface area contributed by atoms with Crippen molar-refractivity contribution in [2.24, 2.45) is 0 Å². The summed E-state index contributed by atoms with van der Waals surface area (Å²) in [5, 5.41) is 3.69. The van der Waals surface area contributed by atoms with E-state index in [1.165, 1.54) is 6.08 Å². The smallest absolute Gasteiger partial charge is 0.330 e. The minimum atomic E-state index is -0.754. The predicted molar refractivity (Wildman–Crippen MR) is 104 cm³/mol. The van der Waals surface area contributed by atoms with Gasteiger partial charge in [-0.2, -0.15) is 0 Å². The van der Waals surface area contributed by atoms with E-state index in [-0.39, 0.29) is 12.0 Å². The molecule has 1 atom stereocenters. The van der Waals surface area contributed by atoms with Crippen LogP contribution in [0.25, 0.3) is 0 Å². The number of nitrogens with one attached hydrogen (secondary N) is 1. The molecule has 26 heavy (non-hydrogen) atoms. The molecule has 0 radical (unpaired) electrons. The molecule has 1 aromatic carbocycles. The van der Waals surface area contributed by atoms with E-state index in [1.54, 1.807) is 52.0 Å². The maximum Gasteiger partial charge on any atom is 0.330 e. The zero-order valence-electron chi connectivity index (χ0n) is 15.6. The number of carbonyl (C=O) groups excluding carboxylic acids is 2. The van der Waals surface area contributed by atoms with Crippen LogP contribution in [0.5, 0.6) is 5.75 Å². The third kappa shape index (κ3) is 8.11. The van der Waals surface area contributed by atoms with Crippen molar-refractivity contribution in [1.29, 1.82) is 0 Å². The molecule has 0 fully saturated rings. The van der Waals surface area contributed by atoms with Crippen LogP contribution in [-0.4, -0.2) is 29.6 Å². The second kappa shape index (κ2) is 9.83. The molecule has 0 unspecified atom stereocenters. The van der Waals surface area contributed by atoms with Gasteiger partial charge in [0.25, 0.3) is 5.91 Å². The van der Waals surface area contributed by atoms with Gasteiger partial charge in [0.1, 0.15) is 5.75 Å². The summed E-state index contributed by atoms with van der Waals surface area (Å²) in [5.74, 6) is -0.354.